The van der Waals surface area contributed by atoms with Crippen molar-refractivity contribution in [1.82, 2.24) is 29.9 Å². The Morgan fingerprint density at radius 2 is 1.47 bits per heavy atom. The van der Waals surface area contributed by atoms with Crippen molar-refractivity contribution in [2.45, 2.75) is 72.6 Å². The third kappa shape index (κ3) is 4.30. The van der Waals surface area contributed by atoms with Crippen LogP contribution < -0.4 is 0 Å². The van der Waals surface area contributed by atoms with Crippen LogP contribution in [0.3, 0.4) is 0 Å². The molecule has 0 spiro atoms. The zero-order valence-corrected chi connectivity index (χ0v) is 25.1. The Bertz CT molecular complexity index is 1810. The summed E-state index contributed by atoms with van der Waals surface area (Å²) in [5.41, 5.74) is 7.47. The van der Waals surface area contributed by atoms with E-state index in [4.69, 9.17) is 19.9 Å². The maximum Gasteiger partial charge on any atom is 0.170 e. The minimum Gasteiger partial charge on any atom is -0.240 e. The SMILES string of the molecule is Cc1c(-c2nc(C(C)C)c3sc(Cc4nc(C(C)C)c5sccc5n4)cc3n2)sc2c(C(C)C)ncnc12. The van der Waals surface area contributed by atoms with E-state index in [0.29, 0.717) is 18.3 Å². The lowest BCUT2D eigenvalue weighted by Crippen LogP contribution is -2.01. The zero-order chi connectivity index (χ0) is 26.7. The van der Waals surface area contributed by atoms with Crippen LogP contribution in [0.2, 0.25) is 0 Å². The Hall–Kier alpha value is -2.88. The van der Waals surface area contributed by atoms with E-state index in [2.05, 4.69) is 75.9 Å². The monoisotopic (exact) mass is 558 g/mol. The molecule has 0 aliphatic heterocycles. The van der Waals surface area contributed by atoms with Crippen molar-refractivity contribution in [2.75, 3.05) is 0 Å². The number of nitrogens with zero attached hydrogens (tertiary/aromatic N) is 6. The molecule has 0 aliphatic rings. The molecule has 9 heteroatoms. The van der Waals surface area contributed by atoms with E-state index in [1.165, 1.54) is 9.58 Å². The van der Waals surface area contributed by atoms with Gasteiger partial charge in [-0.1, -0.05) is 41.5 Å². The van der Waals surface area contributed by atoms with E-state index in [1.54, 1.807) is 40.3 Å². The first-order valence-corrected chi connectivity index (χ1v) is 15.5. The van der Waals surface area contributed by atoms with Crippen LogP contribution in [0.4, 0.5) is 0 Å². The van der Waals surface area contributed by atoms with Gasteiger partial charge in [0.2, 0.25) is 0 Å². The van der Waals surface area contributed by atoms with Crippen LogP contribution >= 0.6 is 34.0 Å². The molecule has 0 atom stereocenters. The number of fused-ring (bicyclic) bond motifs is 3. The quantitative estimate of drug-likeness (QED) is 0.204. The highest BCUT2D eigenvalue weighted by Gasteiger charge is 2.22. The summed E-state index contributed by atoms with van der Waals surface area (Å²) in [6, 6.07) is 4.30. The van der Waals surface area contributed by atoms with Gasteiger partial charge in [0, 0.05) is 11.3 Å². The molecular formula is C29H30N6S3. The Morgan fingerprint density at radius 3 is 2.21 bits per heavy atom. The van der Waals surface area contributed by atoms with E-state index < -0.39 is 0 Å². The van der Waals surface area contributed by atoms with Crippen LogP contribution in [0, 0.1) is 6.92 Å². The molecule has 0 saturated carbocycles. The molecule has 0 N–H and O–H groups in total. The van der Waals surface area contributed by atoms with Crippen LogP contribution in [0.25, 0.3) is 41.4 Å². The van der Waals surface area contributed by atoms with Gasteiger partial charge in [-0.3, -0.25) is 0 Å². The summed E-state index contributed by atoms with van der Waals surface area (Å²) in [5.74, 6) is 2.60. The van der Waals surface area contributed by atoms with Crippen molar-refractivity contribution in [1.29, 1.82) is 0 Å². The number of hydrogen-bond donors (Lipinski definition) is 0. The smallest absolute Gasteiger partial charge is 0.170 e. The first kappa shape index (κ1) is 25.4. The van der Waals surface area contributed by atoms with Gasteiger partial charge in [-0.05, 0) is 47.8 Å². The number of rotatable bonds is 6. The molecule has 6 heterocycles. The van der Waals surface area contributed by atoms with Gasteiger partial charge in [-0.15, -0.1) is 34.0 Å². The molecule has 6 aromatic heterocycles. The van der Waals surface area contributed by atoms with Gasteiger partial charge in [-0.2, -0.15) is 0 Å². The number of hydrogen-bond acceptors (Lipinski definition) is 9. The van der Waals surface area contributed by atoms with Crippen LogP contribution in [0.5, 0.6) is 0 Å². The topological polar surface area (TPSA) is 77.3 Å². The lowest BCUT2D eigenvalue weighted by molar-refractivity contribution is 0.812. The predicted molar refractivity (Wildman–Crippen MR) is 161 cm³/mol. The Labute approximate surface area is 234 Å². The average molecular weight is 559 g/mol. The molecule has 0 fully saturated rings. The maximum atomic E-state index is 5.12. The third-order valence-corrected chi connectivity index (χ3v) is 10.1. The average Bonchev–Trinajstić information content (AvgIpc) is 3.59. The molecule has 0 amide bonds. The second-order valence-electron chi connectivity index (χ2n) is 10.7. The normalized spacial score (nSPS) is 12.4. The minimum atomic E-state index is 0.275. The van der Waals surface area contributed by atoms with Gasteiger partial charge >= 0.3 is 0 Å². The minimum absolute atomic E-state index is 0.275. The summed E-state index contributed by atoms with van der Waals surface area (Å²) < 4.78 is 3.49. The molecule has 0 unspecified atom stereocenters. The summed E-state index contributed by atoms with van der Waals surface area (Å²) in [4.78, 5) is 31.5. The standard InChI is InChI=1S/C29H30N6S3/c1-13(2)21-28-24(31-12-30-21)16(7)25(38-28)29-33-19-10-17(37-27(19)23(35-29)15(5)6)11-20-32-18-8-9-36-26(18)22(34-20)14(3)4/h8-10,12-15H,11H2,1-7H3. The Balaban J connectivity index is 1.46. The van der Waals surface area contributed by atoms with Crippen molar-refractivity contribution in [3.05, 3.63) is 57.2 Å². The van der Waals surface area contributed by atoms with Crippen LogP contribution in [0.1, 0.15) is 92.6 Å². The van der Waals surface area contributed by atoms with E-state index in [0.717, 1.165) is 65.1 Å². The van der Waals surface area contributed by atoms with Crippen molar-refractivity contribution >= 4 is 64.7 Å². The molecule has 6 nitrogen and oxygen atoms in total. The summed E-state index contributed by atoms with van der Waals surface area (Å²) in [7, 11) is 0. The molecule has 6 rings (SSSR count). The fourth-order valence-electron chi connectivity index (χ4n) is 4.81. The second kappa shape index (κ2) is 9.70. The van der Waals surface area contributed by atoms with E-state index in [1.807, 2.05) is 0 Å². The molecule has 0 saturated heterocycles. The zero-order valence-electron chi connectivity index (χ0n) is 22.7. The van der Waals surface area contributed by atoms with Gasteiger partial charge < -0.3 is 0 Å². The van der Waals surface area contributed by atoms with Crippen molar-refractivity contribution in [2.24, 2.45) is 0 Å². The van der Waals surface area contributed by atoms with Crippen molar-refractivity contribution < 1.29 is 0 Å². The molecule has 194 valence electrons. The van der Waals surface area contributed by atoms with Crippen molar-refractivity contribution in [3.63, 3.8) is 0 Å². The van der Waals surface area contributed by atoms with Gasteiger partial charge in [-0.25, -0.2) is 29.9 Å². The van der Waals surface area contributed by atoms with Gasteiger partial charge in [0.1, 0.15) is 12.2 Å². The van der Waals surface area contributed by atoms with Gasteiger partial charge in [0.15, 0.2) is 5.82 Å². The Morgan fingerprint density at radius 1 is 0.737 bits per heavy atom. The second-order valence-corrected chi connectivity index (χ2v) is 13.7. The molecule has 6 aromatic rings. The van der Waals surface area contributed by atoms with Crippen molar-refractivity contribution in [3.8, 4) is 10.7 Å². The largest absolute Gasteiger partial charge is 0.240 e. The van der Waals surface area contributed by atoms with E-state index in [9.17, 15) is 0 Å². The summed E-state index contributed by atoms with van der Waals surface area (Å²) in [5, 5.41) is 2.10. The first-order chi connectivity index (χ1) is 18.2. The molecule has 0 bridgehead atoms. The van der Waals surface area contributed by atoms with E-state index in [-0.39, 0.29) is 5.92 Å². The predicted octanol–water partition coefficient (Wildman–Crippen LogP) is 8.64. The molecule has 0 aliphatic carbocycles. The number of thiophene rings is 3. The first-order valence-electron chi connectivity index (χ1n) is 13.0. The summed E-state index contributed by atoms with van der Waals surface area (Å²) in [6.45, 7) is 15.3. The lowest BCUT2D eigenvalue weighted by atomic mass is 10.1. The highest BCUT2D eigenvalue weighted by atomic mass is 32.1. The van der Waals surface area contributed by atoms with Crippen LogP contribution in [0.15, 0.2) is 23.8 Å². The van der Waals surface area contributed by atoms with E-state index >= 15 is 0 Å². The van der Waals surface area contributed by atoms with Gasteiger partial charge in [0.25, 0.3) is 0 Å². The third-order valence-electron chi connectivity index (χ3n) is 6.73. The van der Waals surface area contributed by atoms with Crippen LogP contribution in [-0.2, 0) is 6.42 Å². The maximum absolute atomic E-state index is 5.12. The highest BCUT2D eigenvalue weighted by Crippen LogP contribution is 2.41. The molecule has 38 heavy (non-hydrogen) atoms. The van der Waals surface area contributed by atoms with Gasteiger partial charge in [0.05, 0.1) is 52.6 Å². The molecular weight excluding hydrogens is 529 g/mol. The molecule has 0 aromatic carbocycles. The summed E-state index contributed by atoms with van der Waals surface area (Å²) >= 11 is 5.20. The summed E-state index contributed by atoms with van der Waals surface area (Å²) in [6.07, 6.45) is 2.37. The van der Waals surface area contributed by atoms with Crippen LogP contribution in [-0.4, -0.2) is 29.9 Å². The fourth-order valence-corrected chi connectivity index (χ4v) is 8.34. The number of aryl methyl sites for hydroxylation is 1. The fraction of sp³-hybridized carbons (Fsp3) is 0.379. The molecule has 0 radical (unpaired) electrons. The highest BCUT2D eigenvalue weighted by molar-refractivity contribution is 7.22. The Kier molecular flexibility index (Phi) is 6.48. The number of aromatic nitrogens is 6. The lowest BCUT2D eigenvalue weighted by Gasteiger charge is -2.08.